The highest BCUT2D eigenvalue weighted by Gasteiger charge is 2.35. The normalized spacial score (nSPS) is 18.3. The standard InChI is InChI=1S/C25H27FN2O4/c1-30-22-7-3-6-18-15(13-31-24(18)22)10-11-28(16-4-2-5-16)17-12-20-19(25(27)29)8-9-21(26)23(20)32-14-17/h3,6-9,13,16-17H,2,4-5,10-12,14H2,1H3,(H2,27,29). The number of rotatable bonds is 7. The number of halogens is 1. The molecule has 2 aliphatic rings. The number of benzene rings is 2. The zero-order chi connectivity index (χ0) is 22.2. The summed E-state index contributed by atoms with van der Waals surface area (Å²) >= 11 is 0. The predicted molar refractivity (Wildman–Crippen MR) is 119 cm³/mol. The molecule has 0 bridgehead atoms. The lowest BCUT2D eigenvalue weighted by Crippen LogP contribution is -2.52. The molecule has 2 N–H and O–H groups in total. The van der Waals surface area contributed by atoms with Crippen molar-refractivity contribution in [1.82, 2.24) is 4.90 Å². The molecule has 0 radical (unpaired) electrons. The molecule has 5 rings (SSSR count). The van der Waals surface area contributed by atoms with Gasteiger partial charge in [-0.15, -0.1) is 0 Å². The van der Waals surface area contributed by atoms with Crippen LogP contribution in [0, 0.1) is 5.82 Å². The Morgan fingerprint density at radius 3 is 2.81 bits per heavy atom. The van der Waals surface area contributed by atoms with E-state index in [1.165, 1.54) is 18.6 Å². The first kappa shape index (κ1) is 20.8. The van der Waals surface area contributed by atoms with Crippen molar-refractivity contribution in [3.63, 3.8) is 0 Å². The largest absolute Gasteiger partial charge is 0.493 e. The Morgan fingerprint density at radius 2 is 2.09 bits per heavy atom. The van der Waals surface area contributed by atoms with Gasteiger partial charge in [0.15, 0.2) is 22.9 Å². The average Bonchev–Trinajstić information content (AvgIpc) is 3.18. The molecule has 2 aromatic carbocycles. The van der Waals surface area contributed by atoms with E-state index >= 15 is 0 Å². The lowest BCUT2D eigenvalue weighted by atomic mass is 9.87. The van der Waals surface area contributed by atoms with Crippen molar-refractivity contribution in [2.75, 3.05) is 20.3 Å². The number of para-hydroxylation sites is 1. The first-order valence-electron chi connectivity index (χ1n) is 11.1. The summed E-state index contributed by atoms with van der Waals surface area (Å²) in [5.74, 6) is -0.112. The van der Waals surface area contributed by atoms with E-state index in [2.05, 4.69) is 4.90 Å². The van der Waals surface area contributed by atoms with Crippen LogP contribution in [0.25, 0.3) is 11.0 Å². The second kappa shape index (κ2) is 8.47. The molecule has 1 fully saturated rings. The molecule has 6 nitrogen and oxygen atoms in total. The van der Waals surface area contributed by atoms with E-state index in [1.54, 1.807) is 13.4 Å². The second-order valence-electron chi connectivity index (χ2n) is 8.61. The van der Waals surface area contributed by atoms with E-state index in [0.717, 1.165) is 48.1 Å². The minimum absolute atomic E-state index is 0.0559. The van der Waals surface area contributed by atoms with Gasteiger partial charge in [0.1, 0.15) is 6.61 Å². The Labute approximate surface area is 186 Å². The zero-order valence-corrected chi connectivity index (χ0v) is 18.1. The number of fused-ring (bicyclic) bond motifs is 2. The number of hydrogen-bond acceptors (Lipinski definition) is 5. The summed E-state index contributed by atoms with van der Waals surface area (Å²) in [5, 5.41) is 1.06. The van der Waals surface area contributed by atoms with Gasteiger partial charge in [0, 0.05) is 35.1 Å². The first-order chi connectivity index (χ1) is 15.6. The molecule has 1 saturated carbocycles. The van der Waals surface area contributed by atoms with Gasteiger partial charge in [0.25, 0.3) is 0 Å². The number of nitrogens with zero attached hydrogens (tertiary/aromatic N) is 1. The third kappa shape index (κ3) is 3.60. The monoisotopic (exact) mass is 438 g/mol. The van der Waals surface area contributed by atoms with Crippen LogP contribution in [0.2, 0.25) is 0 Å². The summed E-state index contributed by atoms with van der Waals surface area (Å²) in [6.45, 7) is 1.21. The molecule has 0 saturated heterocycles. The highest BCUT2D eigenvalue weighted by molar-refractivity contribution is 5.95. The molecule has 1 aromatic heterocycles. The van der Waals surface area contributed by atoms with Gasteiger partial charge < -0.3 is 19.6 Å². The second-order valence-corrected chi connectivity index (χ2v) is 8.61. The molecule has 0 spiro atoms. The number of primary amides is 1. The van der Waals surface area contributed by atoms with E-state index in [9.17, 15) is 9.18 Å². The van der Waals surface area contributed by atoms with Crippen LogP contribution < -0.4 is 15.2 Å². The third-order valence-corrected chi connectivity index (χ3v) is 6.85. The lowest BCUT2D eigenvalue weighted by molar-refractivity contribution is 0.0440. The number of carbonyl (C=O) groups is 1. The van der Waals surface area contributed by atoms with Gasteiger partial charge in [-0.05, 0) is 49.4 Å². The molecule has 3 aromatic rings. The van der Waals surface area contributed by atoms with Gasteiger partial charge in [0.2, 0.25) is 5.91 Å². The predicted octanol–water partition coefficient (Wildman–Crippen LogP) is 4.08. The molecule has 1 amide bonds. The molecule has 1 atom stereocenters. The highest BCUT2D eigenvalue weighted by atomic mass is 19.1. The van der Waals surface area contributed by atoms with Crippen molar-refractivity contribution in [1.29, 1.82) is 0 Å². The quantitative estimate of drug-likeness (QED) is 0.601. The average molecular weight is 438 g/mol. The van der Waals surface area contributed by atoms with Crippen molar-refractivity contribution in [2.24, 2.45) is 5.73 Å². The first-order valence-corrected chi connectivity index (χ1v) is 11.1. The fraction of sp³-hybridized carbons (Fsp3) is 0.400. The Kier molecular flexibility index (Phi) is 5.51. The van der Waals surface area contributed by atoms with Crippen LogP contribution >= 0.6 is 0 Å². The molecule has 168 valence electrons. The van der Waals surface area contributed by atoms with E-state index in [4.69, 9.17) is 19.6 Å². The van der Waals surface area contributed by atoms with Crippen molar-refractivity contribution >= 4 is 16.9 Å². The van der Waals surface area contributed by atoms with Crippen molar-refractivity contribution < 1.29 is 23.1 Å². The van der Waals surface area contributed by atoms with Crippen molar-refractivity contribution in [3.05, 3.63) is 59.1 Å². The SMILES string of the molecule is COc1cccc2c(CCN(C3CCC3)C3COc4c(F)ccc(C(N)=O)c4C3)coc12. The molecule has 7 heteroatoms. The van der Waals surface area contributed by atoms with E-state index in [0.29, 0.717) is 30.2 Å². The summed E-state index contributed by atoms with van der Waals surface area (Å²) in [4.78, 5) is 14.4. The Balaban J connectivity index is 1.39. The summed E-state index contributed by atoms with van der Waals surface area (Å²) in [6.07, 6.45) is 6.63. The summed E-state index contributed by atoms with van der Waals surface area (Å²) in [5.41, 5.74) is 8.36. The zero-order valence-electron chi connectivity index (χ0n) is 18.1. The fourth-order valence-electron chi connectivity index (χ4n) is 4.95. The fourth-order valence-corrected chi connectivity index (χ4v) is 4.95. The number of methoxy groups -OCH3 is 1. The maximum Gasteiger partial charge on any atom is 0.249 e. The number of nitrogens with two attached hydrogens (primary N) is 1. The number of hydrogen-bond donors (Lipinski definition) is 1. The summed E-state index contributed by atoms with van der Waals surface area (Å²) in [6, 6.07) is 9.14. The van der Waals surface area contributed by atoms with Gasteiger partial charge in [-0.2, -0.15) is 0 Å². The maximum absolute atomic E-state index is 14.3. The summed E-state index contributed by atoms with van der Waals surface area (Å²) in [7, 11) is 1.64. The van der Waals surface area contributed by atoms with Crippen LogP contribution in [0.3, 0.4) is 0 Å². The molecule has 32 heavy (non-hydrogen) atoms. The Morgan fingerprint density at radius 1 is 1.25 bits per heavy atom. The van der Waals surface area contributed by atoms with Crippen molar-refractivity contribution in [3.8, 4) is 11.5 Å². The number of amides is 1. The number of ether oxygens (including phenoxy) is 2. The van der Waals surface area contributed by atoms with Gasteiger partial charge in [-0.25, -0.2) is 4.39 Å². The highest BCUT2D eigenvalue weighted by Crippen LogP contribution is 2.36. The van der Waals surface area contributed by atoms with Gasteiger partial charge in [0.05, 0.1) is 13.4 Å². The van der Waals surface area contributed by atoms with Crippen LogP contribution in [0.1, 0.15) is 40.7 Å². The van der Waals surface area contributed by atoms with Crippen LogP contribution in [0.15, 0.2) is 41.0 Å². The van der Waals surface area contributed by atoms with E-state index in [1.807, 2.05) is 18.2 Å². The Hall–Kier alpha value is -3.06. The minimum Gasteiger partial charge on any atom is -0.493 e. The lowest BCUT2D eigenvalue weighted by Gasteiger charge is -2.44. The smallest absolute Gasteiger partial charge is 0.249 e. The maximum atomic E-state index is 14.3. The molecule has 2 heterocycles. The van der Waals surface area contributed by atoms with Crippen LogP contribution in [-0.4, -0.2) is 43.2 Å². The van der Waals surface area contributed by atoms with Crippen LogP contribution in [-0.2, 0) is 12.8 Å². The molecule has 1 unspecified atom stereocenters. The Bertz CT molecular complexity index is 1150. The van der Waals surface area contributed by atoms with E-state index in [-0.39, 0.29) is 11.8 Å². The molecule has 1 aliphatic carbocycles. The molecular weight excluding hydrogens is 411 g/mol. The van der Waals surface area contributed by atoms with Crippen molar-refractivity contribution in [2.45, 2.75) is 44.2 Å². The molecular formula is C25H27FN2O4. The number of furan rings is 1. The van der Waals surface area contributed by atoms with Gasteiger partial charge in [-0.3, -0.25) is 9.69 Å². The molecule has 1 aliphatic heterocycles. The van der Waals surface area contributed by atoms with Crippen LogP contribution in [0.4, 0.5) is 4.39 Å². The third-order valence-electron chi connectivity index (χ3n) is 6.85. The van der Waals surface area contributed by atoms with Gasteiger partial charge in [-0.1, -0.05) is 18.6 Å². The topological polar surface area (TPSA) is 77.9 Å². The van der Waals surface area contributed by atoms with Crippen LogP contribution in [0.5, 0.6) is 11.5 Å². The minimum atomic E-state index is -0.556. The number of carbonyl (C=O) groups excluding carboxylic acids is 1. The van der Waals surface area contributed by atoms with Gasteiger partial charge >= 0.3 is 0 Å². The van der Waals surface area contributed by atoms with E-state index < -0.39 is 11.7 Å². The summed E-state index contributed by atoms with van der Waals surface area (Å²) < 4.78 is 31.3.